The lowest BCUT2D eigenvalue weighted by atomic mass is 10.1. The van der Waals surface area contributed by atoms with Gasteiger partial charge in [0, 0.05) is 33.6 Å². The van der Waals surface area contributed by atoms with E-state index in [1.807, 2.05) is 0 Å². The molecule has 0 aliphatic rings. The Balaban J connectivity index is 1.63. The summed E-state index contributed by atoms with van der Waals surface area (Å²) in [6.07, 6.45) is 0. The summed E-state index contributed by atoms with van der Waals surface area (Å²) >= 11 is 0. The zero-order chi connectivity index (χ0) is 21.7. The van der Waals surface area contributed by atoms with Gasteiger partial charge in [-0.1, -0.05) is 0 Å². The average Bonchev–Trinajstić information content (AvgIpc) is 2.74. The zero-order valence-corrected chi connectivity index (χ0v) is 16.6. The number of ketones is 2. The predicted molar refractivity (Wildman–Crippen MR) is 115 cm³/mol. The molecule has 0 radical (unpaired) electrons. The van der Waals surface area contributed by atoms with Gasteiger partial charge in [-0.25, -0.2) is 0 Å². The summed E-state index contributed by atoms with van der Waals surface area (Å²) in [4.78, 5) is 47.4. The van der Waals surface area contributed by atoms with Crippen LogP contribution in [0.4, 0.5) is 11.4 Å². The molecule has 6 nitrogen and oxygen atoms in total. The van der Waals surface area contributed by atoms with Crippen molar-refractivity contribution in [2.24, 2.45) is 0 Å². The molecular weight excluding hydrogens is 380 g/mol. The summed E-state index contributed by atoms with van der Waals surface area (Å²) in [6, 6.07) is 19.5. The van der Waals surface area contributed by atoms with Gasteiger partial charge in [0.15, 0.2) is 11.6 Å². The minimum absolute atomic E-state index is 0.0449. The number of hydrogen-bond donors (Lipinski definition) is 2. The second-order valence-corrected chi connectivity index (χ2v) is 6.75. The lowest BCUT2D eigenvalue weighted by Crippen LogP contribution is -2.14. The molecule has 0 saturated carbocycles. The molecule has 3 aromatic carbocycles. The second-order valence-electron chi connectivity index (χ2n) is 6.75. The van der Waals surface area contributed by atoms with Gasteiger partial charge in [-0.3, -0.25) is 19.2 Å². The fourth-order valence-electron chi connectivity index (χ4n) is 2.76. The van der Waals surface area contributed by atoms with Crippen LogP contribution in [0.5, 0.6) is 0 Å². The molecular formula is C24H20N2O4. The van der Waals surface area contributed by atoms with Crippen molar-refractivity contribution in [3.63, 3.8) is 0 Å². The number of carbonyl (C=O) groups is 4. The van der Waals surface area contributed by atoms with E-state index < -0.39 is 0 Å². The molecule has 30 heavy (non-hydrogen) atoms. The Morgan fingerprint density at radius 1 is 0.467 bits per heavy atom. The second kappa shape index (κ2) is 8.96. The van der Waals surface area contributed by atoms with Crippen molar-refractivity contribution in [1.82, 2.24) is 0 Å². The van der Waals surface area contributed by atoms with Crippen LogP contribution in [0.3, 0.4) is 0 Å². The quantitative estimate of drug-likeness (QED) is 0.592. The molecule has 0 atom stereocenters. The van der Waals surface area contributed by atoms with E-state index in [1.165, 1.54) is 13.8 Å². The van der Waals surface area contributed by atoms with Gasteiger partial charge in [-0.2, -0.15) is 0 Å². The molecule has 0 unspecified atom stereocenters. The van der Waals surface area contributed by atoms with E-state index in [0.717, 1.165) is 0 Å². The van der Waals surface area contributed by atoms with E-state index in [4.69, 9.17) is 0 Å². The fourth-order valence-corrected chi connectivity index (χ4v) is 2.76. The van der Waals surface area contributed by atoms with Gasteiger partial charge in [-0.15, -0.1) is 0 Å². The maximum atomic E-state index is 12.4. The molecule has 6 heteroatoms. The highest BCUT2D eigenvalue weighted by molar-refractivity contribution is 6.07. The van der Waals surface area contributed by atoms with Crippen LogP contribution >= 0.6 is 0 Å². The van der Waals surface area contributed by atoms with Crippen LogP contribution in [0, 0.1) is 0 Å². The molecule has 0 saturated heterocycles. The van der Waals surface area contributed by atoms with E-state index in [0.29, 0.717) is 33.6 Å². The lowest BCUT2D eigenvalue weighted by molar-refractivity contribution is 0.100. The van der Waals surface area contributed by atoms with Crippen LogP contribution in [-0.2, 0) is 0 Å². The summed E-state index contributed by atoms with van der Waals surface area (Å²) in [7, 11) is 0. The first-order chi connectivity index (χ1) is 14.3. The van der Waals surface area contributed by atoms with Gasteiger partial charge in [-0.05, 0) is 86.6 Å². The minimum atomic E-state index is -0.322. The van der Waals surface area contributed by atoms with Gasteiger partial charge >= 0.3 is 0 Å². The van der Waals surface area contributed by atoms with Crippen LogP contribution < -0.4 is 10.6 Å². The molecule has 0 aliphatic carbocycles. The highest BCUT2D eigenvalue weighted by atomic mass is 16.2. The standard InChI is InChI=1S/C24H20N2O4/c1-15(27)17-7-11-21(12-8-17)25-23(29)19-3-5-20(6-4-19)24(30)26-22-13-9-18(10-14-22)16(2)28/h3-14H,1-2H3,(H,25,29)(H,26,30). The Kier molecular flexibility index (Phi) is 6.17. The van der Waals surface area contributed by atoms with Crippen molar-refractivity contribution in [2.75, 3.05) is 10.6 Å². The maximum Gasteiger partial charge on any atom is 0.255 e. The molecule has 3 aromatic rings. The monoisotopic (exact) mass is 400 g/mol. The molecule has 2 N–H and O–H groups in total. The fraction of sp³-hybridized carbons (Fsp3) is 0.0833. The number of benzene rings is 3. The van der Waals surface area contributed by atoms with Crippen LogP contribution in [0.1, 0.15) is 55.3 Å². The van der Waals surface area contributed by atoms with Crippen molar-refractivity contribution < 1.29 is 19.2 Å². The molecule has 0 heterocycles. The normalized spacial score (nSPS) is 10.2. The van der Waals surface area contributed by atoms with E-state index in [9.17, 15) is 19.2 Å². The van der Waals surface area contributed by atoms with Crippen molar-refractivity contribution in [3.8, 4) is 0 Å². The topological polar surface area (TPSA) is 92.3 Å². The summed E-state index contributed by atoms with van der Waals surface area (Å²) in [5, 5.41) is 5.50. The molecule has 150 valence electrons. The Morgan fingerprint density at radius 3 is 1.00 bits per heavy atom. The average molecular weight is 400 g/mol. The third kappa shape index (κ3) is 5.05. The molecule has 0 aromatic heterocycles. The third-order valence-corrected chi connectivity index (χ3v) is 4.51. The van der Waals surface area contributed by atoms with Crippen LogP contribution in [0.25, 0.3) is 0 Å². The molecule has 0 fully saturated rings. The highest BCUT2D eigenvalue weighted by Gasteiger charge is 2.10. The Bertz CT molecular complexity index is 1010. The number of Topliss-reactive ketones (excluding diaryl/α,β-unsaturated/α-hetero) is 2. The first kappa shape index (κ1) is 20.7. The van der Waals surface area contributed by atoms with E-state index in [1.54, 1.807) is 72.8 Å². The van der Waals surface area contributed by atoms with E-state index >= 15 is 0 Å². The first-order valence-electron chi connectivity index (χ1n) is 9.28. The van der Waals surface area contributed by atoms with Crippen molar-refractivity contribution in [3.05, 3.63) is 95.1 Å². The summed E-state index contributed by atoms with van der Waals surface area (Å²) in [5.74, 6) is -0.734. The summed E-state index contributed by atoms with van der Waals surface area (Å²) < 4.78 is 0. The van der Waals surface area contributed by atoms with Crippen LogP contribution in [0.2, 0.25) is 0 Å². The Labute approximate surface area is 173 Å². The summed E-state index contributed by atoms with van der Waals surface area (Å²) in [6.45, 7) is 2.96. The number of carbonyl (C=O) groups excluding carboxylic acids is 4. The highest BCUT2D eigenvalue weighted by Crippen LogP contribution is 2.15. The first-order valence-corrected chi connectivity index (χ1v) is 9.28. The lowest BCUT2D eigenvalue weighted by Gasteiger charge is -2.08. The molecule has 0 bridgehead atoms. The molecule has 0 aliphatic heterocycles. The number of hydrogen-bond acceptors (Lipinski definition) is 4. The minimum Gasteiger partial charge on any atom is -0.322 e. The molecule has 2 amide bonds. The van der Waals surface area contributed by atoms with Gasteiger partial charge in [0.05, 0.1) is 0 Å². The van der Waals surface area contributed by atoms with Crippen LogP contribution in [-0.4, -0.2) is 23.4 Å². The SMILES string of the molecule is CC(=O)c1ccc(NC(=O)c2ccc(C(=O)Nc3ccc(C(C)=O)cc3)cc2)cc1. The largest absolute Gasteiger partial charge is 0.322 e. The van der Waals surface area contributed by atoms with Crippen LogP contribution in [0.15, 0.2) is 72.8 Å². The number of nitrogens with one attached hydrogen (secondary N) is 2. The number of anilines is 2. The third-order valence-electron chi connectivity index (χ3n) is 4.51. The zero-order valence-electron chi connectivity index (χ0n) is 16.6. The van der Waals surface area contributed by atoms with Gasteiger partial charge < -0.3 is 10.6 Å². The van der Waals surface area contributed by atoms with Crippen molar-refractivity contribution in [1.29, 1.82) is 0 Å². The summed E-state index contributed by atoms with van der Waals surface area (Å²) in [5.41, 5.74) is 3.07. The molecule has 3 rings (SSSR count). The van der Waals surface area contributed by atoms with Gasteiger partial charge in [0.2, 0.25) is 0 Å². The number of amides is 2. The van der Waals surface area contributed by atoms with E-state index in [2.05, 4.69) is 10.6 Å². The van der Waals surface area contributed by atoms with Gasteiger partial charge in [0.25, 0.3) is 11.8 Å². The van der Waals surface area contributed by atoms with E-state index in [-0.39, 0.29) is 23.4 Å². The smallest absolute Gasteiger partial charge is 0.255 e. The predicted octanol–water partition coefficient (Wildman–Crippen LogP) is 4.60. The number of rotatable bonds is 6. The molecule has 0 spiro atoms. The Morgan fingerprint density at radius 2 is 0.733 bits per heavy atom. The van der Waals surface area contributed by atoms with Crippen molar-refractivity contribution >= 4 is 34.8 Å². The maximum absolute atomic E-state index is 12.4. The van der Waals surface area contributed by atoms with Gasteiger partial charge in [0.1, 0.15) is 0 Å². The Hall–Kier alpha value is -4.06. The van der Waals surface area contributed by atoms with Crippen molar-refractivity contribution in [2.45, 2.75) is 13.8 Å².